The molecule has 0 saturated carbocycles. The lowest BCUT2D eigenvalue weighted by molar-refractivity contribution is 0.101. The van der Waals surface area contributed by atoms with E-state index in [1.807, 2.05) is 19.1 Å². The molecule has 0 aliphatic rings. The zero-order valence-corrected chi connectivity index (χ0v) is 10.3. The molecule has 0 atom stereocenters. The second-order valence-corrected chi connectivity index (χ2v) is 4.09. The molecule has 0 unspecified atom stereocenters. The van der Waals surface area contributed by atoms with Crippen molar-refractivity contribution >= 4 is 22.5 Å². The predicted octanol–water partition coefficient (Wildman–Crippen LogP) is 1.50. The van der Waals surface area contributed by atoms with Crippen LogP contribution in [-0.4, -0.2) is 31.3 Å². The molecular weight excluding hydrogens is 244 g/mol. The minimum atomic E-state index is -0.334. The van der Waals surface area contributed by atoms with Crippen molar-refractivity contribution in [2.24, 2.45) is 0 Å². The second-order valence-electron chi connectivity index (χ2n) is 4.09. The lowest BCUT2D eigenvalue weighted by atomic mass is 10.2. The molecule has 0 spiro atoms. The summed E-state index contributed by atoms with van der Waals surface area (Å²) in [5, 5.41) is 17.0. The standard InChI is InChI=1S/C12H12N6O/c1-2-10-15-11(18-17-10)12(19)14-8-3-4-9-7(5-8)6-13-16-9/h3-6H,2H2,1H3,(H,13,16)(H,14,19)(H,15,17,18). The predicted molar refractivity (Wildman–Crippen MR) is 69.8 cm³/mol. The smallest absolute Gasteiger partial charge is 0.295 e. The lowest BCUT2D eigenvalue weighted by Gasteiger charge is -2.01. The number of H-pyrrole nitrogens is 2. The van der Waals surface area contributed by atoms with E-state index in [1.165, 1.54) is 0 Å². The van der Waals surface area contributed by atoms with Crippen molar-refractivity contribution in [3.63, 3.8) is 0 Å². The van der Waals surface area contributed by atoms with E-state index in [0.29, 0.717) is 17.9 Å². The first-order valence-electron chi connectivity index (χ1n) is 5.92. The van der Waals surface area contributed by atoms with Crippen LogP contribution in [0.15, 0.2) is 24.4 Å². The van der Waals surface area contributed by atoms with Gasteiger partial charge in [-0.15, -0.1) is 5.10 Å². The number of hydrogen-bond acceptors (Lipinski definition) is 4. The Labute approximate surface area is 108 Å². The van der Waals surface area contributed by atoms with E-state index < -0.39 is 0 Å². The Balaban J connectivity index is 1.81. The Morgan fingerprint density at radius 1 is 1.37 bits per heavy atom. The number of rotatable bonds is 3. The highest BCUT2D eigenvalue weighted by Crippen LogP contribution is 2.17. The summed E-state index contributed by atoms with van der Waals surface area (Å²) in [4.78, 5) is 16.0. The topological polar surface area (TPSA) is 99.3 Å². The van der Waals surface area contributed by atoms with Gasteiger partial charge < -0.3 is 5.32 Å². The molecule has 3 aromatic rings. The Bertz CT molecular complexity index is 728. The van der Waals surface area contributed by atoms with Gasteiger partial charge in [0.15, 0.2) is 0 Å². The number of fused-ring (bicyclic) bond motifs is 1. The number of anilines is 1. The van der Waals surface area contributed by atoms with Crippen LogP contribution in [0.5, 0.6) is 0 Å². The van der Waals surface area contributed by atoms with Gasteiger partial charge in [-0.3, -0.25) is 15.0 Å². The average Bonchev–Trinajstić information content (AvgIpc) is 3.06. The van der Waals surface area contributed by atoms with Crippen LogP contribution in [0, 0.1) is 0 Å². The van der Waals surface area contributed by atoms with Gasteiger partial charge in [0.1, 0.15) is 5.82 Å². The van der Waals surface area contributed by atoms with Gasteiger partial charge in [-0.1, -0.05) is 6.92 Å². The largest absolute Gasteiger partial charge is 0.319 e. The van der Waals surface area contributed by atoms with E-state index in [4.69, 9.17) is 0 Å². The highest BCUT2D eigenvalue weighted by molar-refractivity contribution is 6.02. The van der Waals surface area contributed by atoms with Crippen LogP contribution in [0.4, 0.5) is 5.69 Å². The van der Waals surface area contributed by atoms with Crippen LogP contribution < -0.4 is 5.32 Å². The van der Waals surface area contributed by atoms with E-state index in [2.05, 4.69) is 30.7 Å². The zero-order chi connectivity index (χ0) is 13.2. The maximum atomic E-state index is 11.9. The van der Waals surface area contributed by atoms with Crippen LogP contribution in [-0.2, 0) is 6.42 Å². The molecule has 7 nitrogen and oxygen atoms in total. The van der Waals surface area contributed by atoms with Crippen LogP contribution in [0.2, 0.25) is 0 Å². The van der Waals surface area contributed by atoms with Crippen molar-refractivity contribution in [3.05, 3.63) is 36.0 Å². The normalized spacial score (nSPS) is 10.8. The van der Waals surface area contributed by atoms with Gasteiger partial charge in [0.25, 0.3) is 5.91 Å². The summed E-state index contributed by atoms with van der Waals surface area (Å²) >= 11 is 0. The van der Waals surface area contributed by atoms with Crippen molar-refractivity contribution in [1.82, 2.24) is 25.4 Å². The van der Waals surface area contributed by atoms with E-state index >= 15 is 0 Å². The second kappa shape index (κ2) is 4.52. The van der Waals surface area contributed by atoms with Gasteiger partial charge in [0.05, 0.1) is 11.7 Å². The molecule has 0 radical (unpaired) electrons. The lowest BCUT2D eigenvalue weighted by Crippen LogP contribution is -2.13. The van der Waals surface area contributed by atoms with Crippen LogP contribution in [0.3, 0.4) is 0 Å². The number of aromatic amines is 2. The van der Waals surface area contributed by atoms with Gasteiger partial charge in [-0.25, -0.2) is 4.98 Å². The highest BCUT2D eigenvalue weighted by Gasteiger charge is 2.12. The summed E-state index contributed by atoms with van der Waals surface area (Å²) in [6.07, 6.45) is 2.41. The highest BCUT2D eigenvalue weighted by atomic mass is 16.2. The third-order valence-electron chi connectivity index (χ3n) is 2.77. The van der Waals surface area contributed by atoms with Gasteiger partial charge in [-0.2, -0.15) is 5.10 Å². The molecule has 3 N–H and O–H groups in total. The number of carbonyl (C=O) groups excluding carboxylic acids is 1. The first-order chi connectivity index (χ1) is 9.26. The fraction of sp³-hybridized carbons (Fsp3) is 0.167. The fourth-order valence-electron chi connectivity index (χ4n) is 1.76. The Kier molecular flexibility index (Phi) is 2.71. The van der Waals surface area contributed by atoms with Gasteiger partial charge in [-0.05, 0) is 18.2 Å². The molecule has 7 heteroatoms. The number of nitrogens with one attached hydrogen (secondary N) is 3. The summed E-state index contributed by atoms with van der Waals surface area (Å²) in [5.41, 5.74) is 1.60. The summed E-state index contributed by atoms with van der Waals surface area (Å²) in [7, 11) is 0. The molecule has 1 aromatic carbocycles. The first kappa shape index (κ1) is 11.4. The summed E-state index contributed by atoms with van der Waals surface area (Å²) in [5.74, 6) is 0.498. The summed E-state index contributed by atoms with van der Waals surface area (Å²) in [6.45, 7) is 1.94. The number of nitrogens with zero attached hydrogens (tertiary/aromatic N) is 3. The molecule has 0 saturated heterocycles. The van der Waals surface area contributed by atoms with Crippen molar-refractivity contribution in [1.29, 1.82) is 0 Å². The molecule has 0 aliphatic carbocycles. The Morgan fingerprint density at radius 3 is 3.05 bits per heavy atom. The monoisotopic (exact) mass is 256 g/mol. The minimum absolute atomic E-state index is 0.143. The molecule has 3 rings (SSSR count). The van der Waals surface area contributed by atoms with Crippen molar-refractivity contribution < 1.29 is 4.79 Å². The summed E-state index contributed by atoms with van der Waals surface area (Å²) in [6, 6.07) is 5.49. The van der Waals surface area contributed by atoms with Crippen molar-refractivity contribution in [2.45, 2.75) is 13.3 Å². The van der Waals surface area contributed by atoms with Crippen LogP contribution >= 0.6 is 0 Å². The SMILES string of the molecule is CCc1nc(C(=O)Nc2ccc3[nH]ncc3c2)n[nH]1. The number of hydrogen-bond donors (Lipinski definition) is 3. The molecule has 19 heavy (non-hydrogen) atoms. The minimum Gasteiger partial charge on any atom is -0.319 e. The molecule has 0 fully saturated rings. The number of amides is 1. The van der Waals surface area contributed by atoms with E-state index in [-0.39, 0.29) is 11.7 Å². The number of benzene rings is 1. The van der Waals surface area contributed by atoms with Crippen LogP contribution in [0.1, 0.15) is 23.4 Å². The third kappa shape index (κ3) is 2.17. The van der Waals surface area contributed by atoms with Crippen LogP contribution in [0.25, 0.3) is 10.9 Å². The average molecular weight is 256 g/mol. The quantitative estimate of drug-likeness (QED) is 0.661. The number of aromatic nitrogens is 5. The zero-order valence-electron chi connectivity index (χ0n) is 10.3. The Hall–Kier alpha value is -2.70. The van der Waals surface area contributed by atoms with E-state index in [0.717, 1.165) is 10.9 Å². The van der Waals surface area contributed by atoms with Gasteiger partial charge in [0, 0.05) is 17.5 Å². The van der Waals surface area contributed by atoms with E-state index in [9.17, 15) is 4.79 Å². The molecule has 2 heterocycles. The third-order valence-corrected chi connectivity index (χ3v) is 2.77. The van der Waals surface area contributed by atoms with Crippen molar-refractivity contribution in [3.8, 4) is 0 Å². The molecule has 2 aromatic heterocycles. The Morgan fingerprint density at radius 2 is 2.26 bits per heavy atom. The fourth-order valence-corrected chi connectivity index (χ4v) is 1.76. The number of carbonyl (C=O) groups is 1. The van der Waals surface area contributed by atoms with Crippen molar-refractivity contribution in [2.75, 3.05) is 5.32 Å². The molecule has 1 amide bonds. The molecule has 96 valence electrons. The molecular formula is C12H12N6O. The molecule has 0 bridgehead atoms. The van der Waals surface area contributed by atoms with Gasteiger partial charge in [0.2, 0.25) is 5.82 Å². The van der Waals surface area contributed by atoms with E-state index in [1.54, 1.807) is 12.3 Å². The maximum Gasteiger partial charge on any atom is 0.295 e. The summed E-state index contributed by atoms with van der Waals surface area (Å²) < 4.78 is 0. The maximum absolute atomic E-state index is 11.9. The number of aryl methyl sites for hydroxylation is 1. The van der Waals surface area contributed by atoms with Gasteiger partial charge >= 0.3 is 0 Å². The first-order valence-corrected chi connectivity index (χ1v) is 5.92. The molecule has 0 aliphatic heterocycles.